The van der Waals surface area contributed by atoms with Crippen LogP contribution >= 0.6 is 0 Å². The SMILES string of the molecule is CNC(=O)C(C)NC1CC(NC(=O)OC(C)(C)C)C1. The van der Waals surface area contributed by atoms with Gasteiger partial charge in [-0.25, -0.2) is 4.79 Å². The Balaban J connectivity index is 2.20. The number of nitrogens with one attached hydrogen (secondary N) is 3. The molecule has 0 bridgehead atoms. The number of carbonyl (C=O) groups is 2. The van der Waals surface area contributed by atoms with Gasteiger partial charge in [0, 0.05) is 19.1 Å². The second-order valence-corrected chi connectivity index (χ2v) is 6.01. The number of amides is 2. The van der Waals surface area contributed by atoms with E-state index >= 15 is 0 Å². The Labute approximate surface area is 114 Å². The summed E-state index contributed by atoms with van der Waals surface area (Å²) in [5, 5.41) is 8.63. The van der Waals surface area contributed by atoms with Crippen LogP contribution < -0.4 is 16.0 Å². The van der Waals surface area contributed by atoms with Crippen molar-refractivity contribution in [2.75, 3.05) is 7.05 Å². The molecule has 19 heavy (non-hydrogen) atoms. The van der Waals surface area contributed by atoms with Crippen molar-refractivity contribution in [3.63, 3.8) is 0 Å². The van der Waals surface area contributed by atoms with E-state index in [0.717, 1.165) is 12.8 Å². The number of likely N-dealkylation sites (N-methyl/N-ethyl adjacent to an activating group) is 1. The maximum absolute atomic E-state index is 11.5. The van der Waals surface area contributed by atoms with E-state index in [2.05, 4.69) is 16.0 Å². The molecule has 0 saturated heterocycles. The van der Waals surface area contributed by atoms with Crippen LogP contribution in [0.4, 0.5) is 4.79 Å². The zero-order valence-electron chi connectivity index (χ0n) is 12.4. The van der Waals surface area contributed by atoms with Gasteiger partial charge >= 0.3 is 6.09 Å². The van der Waals surface area contributed by atoms with Crippen molar-refractivity contribution in [3.8, 4) is 0 Å². The largest absolute Gasteiger partial charge is 0.444 e. The molecule has 0 spiro atoms. The lowest BCUT2D eigenvalue weighted by atomic mass is 9.86. The Morgan fingerprint density at radius 2 is 1.79 bits per heavy atom. The van der Waals surface area contributed by atoms with Crippen LogP contribution in [0.25, 0.3) is 0 Å². The van der Waals surface area contributed by atoms with Crippen LogP contribution in [-0.2, 0) is 9.53 Å². The maximum Gasteiger partial charge on any atom is 0.407 e. The van der Waals surface area contributed by atoms with E-state index in [9.17, 15) is 9.59 Å². The Bertz CT molecular complexity index is 333. The summed E-state index contributed by atoms with van der Waals surface area (Å²) in [5.41, 5.74) is -0.473. The van der Waals surface area contributed by atoms with Crippen molar-refractivity contribution in [1.82, 2.24) is 16.0 Å². The van der Waals surface area contributed by atoms with Crippen molar-refractivity contribution in [1.29, 1.82) is 0 Å². The highest BCUT2D eigenvalue weighted by molar-refractivity contribution is 5.81. The van der Waals surface area contributed by atoms with Gasteiger partial charge < -0.3 is 20.7 Å². The number of ether oxygens (including phenoxy) is 1. The molecule has 6 nitrogen and oxygen atoms in total. The number of carbonyl (C=O) groups excluding carboxylic acids is 2. The number of hydrogen-bond donors (Lipinski definition) is 3. The molecule has 1 atom stereocenters. The van der Waals surface area contributed by atoms with Crippen LogP contribution in [0.5, 0.6) is 0 Å². The predicted octanol–water partition coefficient (Wildman–Crippen LogP) is 0.766. The fourth-order valence-corrected chi connectivity index (χ4v) is 1.99. The first-order chi connectivity index (χ1) is 8.71. The van der Waals surface area contributed by atoms with Crippen molar-refractivity contribution < 1.29 is 14.3 Å². The Kier molecular flexibility index (Phi) is 5.17. The lowest BCUT2D eigenvalue weighted by Crippen LogP contribution is -2.56. The molecule has 0 heterocycles. The molecule has 1 aliphatic carbocycles. The summed E-state index contributed by atoms with van der Waals surface area (Å²) in [7, 11) is 1.62. The third-order valence-corrected chi connectivity index (χ3v) is 2.98. The maximum atomic E-state index is 11.5. The van der Waals surface area contributed by atoms with E-state index in [1.54, 1.807) is 7.05 Å². The first kappa shape index (κ1) is 15.8. The molecule has 1 rings (SSSR count). The molecule has 1 saturated carbocycles. The summed E-state index contributed by atoms with van der Waals surface area (Å²) in [4.78, 5) is 22.9. The minimum absolute atomic E-state index is 0.0245. The number of alkyl carbamates (subject to hydrolysis) is 1. The molecular formula is C13H25N3O3. The molecule has 110 valence electrons. The topological polar surface area (TPSA) is 79.5 Å². The molecular weight excluding hydrogens is 246 g/mol. The van der Waals surface area contributed by atoms with Gasteiger partial charge in [-0.2, -0.15) is 0 Å². The van der Waals surface area contributed by atoms with E-state index in [-0.39, 0.29) is 30.1 Å². The van der Waals surface area contributed by atoms with Crippen LogP contribution in [0.15, 0.2) is 0 Å². The quantitative estimate of drug-likeness (QED) is 0.705. The highest BCUT2D eigenvalue weighted by Gasteiger charge is 2.33. The van der Waals surface area contributed by atoms with Crippen molar-refractivity contribution >= 4 is 12.0 Å². The molecule has 6 heteroatoms. The van der Waals surface area contributed by atoms with E-state index < -0.39 is 5.60 Å². The molecule has 0 aromatic carbocycles. The van der Waals surface area contributed by atoms with Crippen LogP contribution in [-0.4, -0.2) is 42.8 Å². The average Bonchev–Trinajstić information content (AvgIpc) is 2.22. The molecule has 0 aromatic heterocycles. The van der Waals surface area contributed by atoms with Gasteiger partial charge in [0.25, 0.3) is 0 Å². The first-order valence-corrected chi connectivity index (χ1v) is 6.68. The van der Waals surface area contributed by atoms with Gasteiger partial charge in [0.05, 0.1) is 6.04 Å². The Morgan fingerprint density at radius 3 is 2.26 bits per heavy atom. The highest BCUT2D eigenvalue weighted by atomic mass is 16.6. The lowest BCUT2D eigenvalue weighted by Gasteiger charge is -2.38. The van der Waals surface area contributed by atoms with Crippen LogP contribution in [0.1, 0.15) is 40.5 Å². The third-order valence-electron chi connectivity index (χ3n) is 2.98. The number of hydrogen-bond acceptors (Lipinski definition) is 4. The summed E-state index contributed by atoms with van der Waals surface area (Å²) < 4.78 is 5.18. The summed E-state index contributed by atoms with van der Waals surface area (Å²) in [6.45, 7) is 7.34. The van der Waals surface area contributed by atoms with Gasteiger partial charge in [-0.3, -0.25) is 4.79 Å². The highest BCUT2D eigenvalue weighted by Crippen LogP contribution is 2.21. The summed E-state index contributed by atoms with van der Waals surface area (Å²) >= 11 is 0. The second-order valence-electron chi connectivity index (χ2n) is 6.01. The van der Waals surface area contributed by atoms with Gasteiger partial charge in [-0.15, -0.1) is 0 Å². The predicted molar refractivity (Wildman–Crippen MR) is 72.8 cm³/mol. The first-order valence-electron chi connectivity index (χ1n) is 6.68. The van der Waals surface area contributed by atoms with E-state index in [1.165, 1.54) is 0 Å². The third kappa shape index (κ3) is 5.46. The molecule has 0 aromatic rings. The second kappa shape index (κ2) is 6.23. The smallest absolute Gasteiger partial charge is 0.407 e. The molecule has 1 unspecified atom stereocenters. The normalized spacial score (nSPS) is 24.1. The van der Waals surface area contributed by atoms with Crippen molar-refractivity contribution in [2.24, 2.45) is 0 Å². The Morgan fingerprint density at radius 1 is 1.21 bits per heavy atom. The summed E-state index contributed by atoms with van der Waals surface area (Å²) in [6, 6.07) is 0.189. The molecule has 3 N–H and O–H groups in total. The van der Waals surface area contributed by atoms with E-state index in [4.69, 9.17) is 4.74 Å². The minimum atomic E-state index is -0.473. The molecule has 1 aliphatic rings. The summed E-state index contributed by atoms with van der Waals surface area (Å²) in [5.74, 6) is -0.0245. The fraction of sp³-hybridized carbons (Fsp3) is 0.846. The zero-order valence-corrected chi connectivity index (χ0v) is 12.4. The van der Waals surface area contributed by atoms with Gasteiger partial charge in [0.2, 0.25) is 5.91 Å². The number of rotatable bonds is 4. The zero-order chi connectivity index (χ0) is 14.6. The Hall–Kier alpha value is -1.30. The molecule has 1 fully saturated rings. The molecule has 0 aliphatic heterocycles. The summed E-state index contributed by atoms with van der Waals surface area (Å²) in [6.07, 6.45) is 1.26. The van der Waals surface area contributed by atoms with Gasteiger partial charge in [0.15, 0.2) is 0 Å². The van der Waals surface area contributed by atoms with E-state index in [1.807, 2.05) is 27.7 Å². The average molecular weight is 271 g/mol. The lowest BCUT2D eigenvalue weighted by molar-refractivity contribution is -0.122. The van der Waals surface area contributed by atoms with Crippen LogP contribution in [0, 0.1) is 0 Å². The van der Waals surface area contributed by atoms with Crippen molar-refractivity contribution in [2.45, 2.75) is 64.3 Å². The van der Waals surface area contributed by atoms with E-state index in [0.29, 0.717) is 0 Å². The van der Waals surface area contributed by atoms with Gasteiger partial charge in [-0.1, -0.05) is 0 Å². The van der Waals surface area contributed by atoms with Crippen LogP contribution in [0.2, 0.25) is 0 Å². The van der Waals surface area contributed by atoms with Gasteiger partial charge in [0.1, 0.15) is 5.60 Å². The van der Waals surface area contributed by atoms with Gasteiger partial charge in [-0.05, 0) is 40.5 Å². The van der Waals surface area contributed by atoms with Crippen molar-refractivity contribution in [3.05, 3.63) is 0 Å². The molecule has 2 amide bonds. The standard InChI is InChI=1S/C13H25N3O3/c1-8(11(17)14-5)15-9-6-10(7-9)16-12(18)19-13(2,3)4/h8-10,15H,6-7H2,1-5H3,(H,14,17)(H,16,18). The minimum Gasteiger partial charge on any atom is -0.444 e. The molecule has 0 radical (unpaired) electrons. The monoisotopic (exact) mass is 271 g/mol. The fourth-order valence-electron chi connectivity index (χ4n) is 1.99. The van der Waals surface area contributed by atoms with Crippen LogP contribution in [0.3, 0.4) is 0 Å².